The number of carbonyl (C=O) groups excluding carboxylic acids is 1. The Hall–Kier alpha value is -1.32. The molecule has 1 heterocycles. The Labute approximate surface area is 83.7 Å². The number of hydrogen-bond acceptors (Lipinski definition) is 3. The lowest BCUT2D eigenvalue weighted by Crippen LogP contribution is -2.14. The average molecular weight is 196 g/mol. The number of amides is 1. The molecule has 0 bridgehead atoms. The summed E-state index contributed by atoms with van der Waals surface area (Å²) >= 11 is 0. The van der Waals surface area contributed by atoms with Crippen LogP contribution in [0.1, 0.15) is 32.4 Å². The summed E-state index contributed by atoms with van der Waals surface area (Å²) in [4.78, 5) is 11.4. The summed E-state index contributed by atoms with van der Waals surface area (Å²) in [6.45, 7) is 5.91. The molecule has 14 heavy (non-hydrogen) atoms. The smallest absolute Gasteiger partial charge is 0.225 e. The minimum absolute atomic E-state index is 0.00681. The van der Waals surface area contributed by atoms with E-state index in [4.69, 9.17) is 4.52 Å². The van der Waals surface area contributed by atoms with Gasteiger partial charge in [0, 0.05) is 12.5 Å². The highest BCUT2D eigenvalue weighted by Crippen LogP contribution is 2.10. The van der Waals surface area contributed by atoms with Crippen LogP contribution in [0.25, 0.3) is 0 Å². The molecule has 4 nitrogen and oxygen atoms in total. The van der Waals surface area contributed by atoms with Crippen LogP contribution in [0.5, 0.6) is 0 Å². The summed E-state index contributed by atoms with van der Waals surface area (Å²) in [5, 5.41) is 6.37. The lowest BCUT2D eigenvalue weighted by Gasteiger charge is -2.06. The van der Waals surface area contributed by atoms with Gasteiger partial charge in [0.2, 0.25) is 5.91 Å². The molecule has 1 amide bonds. The van der Waals surface area contributed by atoms with Crippen LogP contribution in [0, 0.1) is 12.8 Å². The molecular formula is C10H16N2O2. The minimum Gasteiger partial charge on any atom is -0.360 e. The molecular weight excluding hydrogens is 180 g/mol. The van der Waals surface area contributed by atoms with Crippen LogP contribution in [0.3, 0.4) is 0 Å². The van der Waals surface area contributed by atoms with Gasteiger partial charge in [-0.1, -0.05) is 25.4 Å². The van der Waals surface area contributed by atoms with Crippen molar-refractivity contribution in [1.29, 1.82) is 0 Å². The highest BCUT2D eigenvalue weighted by Gasteiger charge is 2.09. The predicted octanol–water partition coefficient (Wildman–Crippen LogP) is 2.36. The number of anilines is 1. The number of nitrogens with one attached hydrogen (secondary N) is 1. The average Bonchev–Trinajstić information content (AvgIpc) is 2.50. The fourth-order valence-corrected chi connectivity index (χ4v) is 1.08. The topological polar surface area (TPSA) is 55.1 Å². The molecule has 1 atom stereocenters. The van der Waals surface area contributed by atoms with Crippen LogP contribution < -0.4 is 5.32 Å². The monoisotopic (exact) mass is 196 g/mol. The first-order chi connectivity index (χ1) is 6.61. The van der Waals surface area contributed by atoms with Crippen LogP contribution in [0.4, 0.5) is 5.82 Å². The molecule has 0 fully saturated rings. The van der Waals surface area contributed by atoms with E-state index >= 15 is 0 Å². The first-order valence-electron chi connectivity index (χ1n) is 4.85. The van der Waals surface area contributed by atoms with E-state index in [0.717, 1.165) is 6.42 Å². The Morgan fingerprint density at radius 1 is 1.71 bits per heavy atom. The molecule has 1 rings (SSSR count). The van der Waals surface area contributed by atoms with Gasteiger partial charge in [-0.2, -0.15) is 0 Å². The molecule has 0 spiro atoms. The first kappa shape index (κ1) is 10.8. The maximum absolute atomic E-state index is 11.4. The van der Waals surface area contributed by atoms with E-state index in [0.29, 0.717) is 23.9 Å². The van der Waals surface area contributed by atoms with Crippen molar-refractivity contribution in [3.63, 3.8) is 0 Å². The Kier molecular flexibility index (Phi) is 3.68. The minimum atomic E-state index is -0.00681. The van der Waals surface area contributed by atoms with E-state index in [1.807, 2.05) is 6.92 Å². The van der Waals surface area contributed by atoms with Gasteiger partial charge in [0.15, 0.2) is 5.82 Å². The van der Waals surface area contributed by atoms with Crippen LogP contribution in [0.15, 0.2) is 10.6 Å². The van der Waals surface area contributed by atoms with Gasteiger partial charge < -0.3 is 9.84 Å². The van der Waals surface area contributed by atoms with Crippen molar-refractivity contribution in [1.82, 2.24) is 5.16 Å². The molecule has 1 aromatic rings. The summed E-state index contributed by atoms with van der Waals surface area (Å²) in [5.74, 6) is 1.59. The van der Waals surface area contributed by atoms with Crippen LogP contribution in [-0.2, 0) is 4.79 Å². The Morgan fingerprint density at radius 2 is 2.43 bits per heavy atom. The summed E-state index contributed by atoms with van der Waals surface area (Å²) in [6.07, 6.45) is 1.54. The van der Waals surface area contributed by atoms with Crippen LogP contribution in [0.2, 0.25) is 0 Å². The maximum Gasteiger partial charge on any atom is 0.225 e. The quantitative estimate of drug-likeness (QED) is 0.804. The second kappa shape index (κ2) is 4.79. The third-order valence-electron chi connectivity index (χ3n) is 2.13. The van der Waals surface area contributed by atoms with Crippen molar-refractivity contribution < 1.29 is 9.32 Å². The van der Waals surface area contributed by atoms with Gasteiger partial charge in [0.1, 0.15) is 5.76 Å². The number of aromatic nitrogens is 1. The zero-order valence-corrected chi connectivity index (χ0v) is 8.83. The van der Waals surface area contributed by atoms with Crippen molar-refractivity contribution in [3.05, 3.63) is 11.8 Å². The third kappa shape index (κ3) is 3.20. The summed E-state index contributed by atoms with van der Waals surface area (Å²) in [6, 6.07) is 1.70. The molecule has 0 aliphatic carbocycles. The summed E-state index contributed by atoms with van der Waals surface area (Å²) in [7, 11) is 0. The lowest BCUT2D eigenvalue weighted by atomic mass is 10.1. The van der Waals surface area contributed by atoms with Gasteiger partial charge in [-0.3, -0.25) is 4.79 Å². The van der Waals surface area contributed by atoms with E-state index in [1.165, 1.54) is 0 Å². The predicted molar refractivity (Wildman–Crippen MR) is 53.9 cm³/mol. The van der Waals surface area contributed by atoms with Gasteiger partial charge in [0.05, 0.1) is 0 Å². The molecule has 0 saturated heterocycles. The van der Waals surface area contributed by atoms with Crippen LogP contribution >= 0.6 is 0 Å². The fraction of sp³-hybridized carbons (Fsp3) is 0.600. The number of rotatable bonds is 4. The second-order valence-electron chi connectivity index (χ2n) is 3.59. The number of aryl methyl sites for hydroxylation is 1. The molecule has 1 unspecified atom stereocenters. The molecule has 0 aromatic carbocycles. The third-order valence-corrected chi connectivity index (χ3v) is 2.13. The molecule has 78 valence electrons. The molecule has 0 aliphatic rings. The highest BCUT2D eigenvalue weighted by atomic mass is 16.5. The van der Waals surface area contributed by atoms with E-state index in [9.17, 15) is 4.79 Å². The van der Waals surface area contributed by atoms with Crippen molar-refractivity contribution in [2.24, 2.45) is 5.92 Å². The van der Waals surface area contributed by atoms with Gasteiger partial charge in [-0.05, 0) is 12.8 Å². The van der Waals surface area contributed by atoms with Gasteiger partial charge in [-0.15, -0.1) is 0 Å². The van der Waals surface area contributed by atoms with E-state index in [1.54, 1.807) is 13.0 Å². The number of carbonyl (C=O) groups is 1. The molecule has 0 aliphatic heterocycles. The van der Waals surface area contributed by atoms with Crippen molar-refractivity contribution >= 4 is 11.7 Å². The zero-order valence-electron chi connectivity index (χ0n) is 8.83. The van der Waals surface area contributed by atoms with Gasteiger partial charge in [-0.25, -0.2) is 0 Å². The Bertz CT molecular complexity index is 307. The lowest BCUT2D eigenvalue weighted by molar-refractivity contribution is -0.117. The van der Waals surface area contributed by atoms with E-state index in [-0.39, 0.29) is 5.91 Å². The van der Waals surface area contributed by atoms with Gasteiger partial charge in [0.25, 0.3) is 0 Å². The normalized spacial score (nSPS) is 12.5. The zero-order chi connectivity index (χ0) is 10.6. The summed E-state index contributed by atoms with van der Waals surface area (Å²) in [5.41, 5.74) is 0. The van der Waals surface area contributed by atoms with Crippen molar-refractivity contribution in [3.8, 4) is 0 Å². The van der Waals surface area contributed by atoms with Crippen LogP contribution in [-0.4, -0.2) is 11.1 Å². The largest absolute Gasteiger partial charge is 0.360 e. The Balaban J connectivity index is 2.41. The van der Waals surface area contributed by atoms with E-state index < -0.39 is 0 Å². The van der Waals surface area contributed by atoms with Crippen molar-refractivity contribution in [2.45, 2.75) is 33.6 Å². The van der Waals surface area contributed by atoms with Gasteiger partial charge >= 0.3 is 0 Å². The fourth-order valence-electron chi connectivity index (χ4n) is 1.08. The molecule has 4 heteroatoms. The second-order valence-corrected chi connectivity index (χ2v) is 3.59. The van der Waals surface area contributed by atoms with Crippen molar-refractivity contribution in [2.75, 3.05) is 5.32 Å². The summed E-state index contributed by atoms with van der Waals surface area (Å²) < 4.78 is 4.83. The highest BCUT2D eigenvalue weighted by molar-refractivity contribution is 5.89. The van der Waals surface area contributed by atoms with E-state index in [2.05, 4.69) is 17.4 Å². The first-order valence-corrected chi connectivity index (χ1v) is 4.85. The standard InChI is InChI=1S/C10H16N2O2/c1-4-7(2)5-10(13)11-9-6-8(3)14-12-9/h6-7H,4-5H2,1-3H3,(H,11,12,13). The number of hydrogen-bond donors (Lipinski definition) is 1. The molecule has 1 aromatic heterocycles. The molecule has 0 saturated carbocycles. The Morgan fingerprint density at radius 3 is 2.93 bits per heavy atom. The molecule has 1 N–H and O–H groups in total. The maximum atomic E-state index is 11.4. The molecule has 0 radical (unpaired) electrons. The SMILES string of the molecule is CCC(C)CC(=O)Nc1cc(C)on1. The number of nitrogens with zero attached hydrogens (tertiary/aromatic N) is 1.